The highest BCUT2D eigenvalue weighted by molar-refractivity contribution is 7.89. The molecule has 0 bridgehead atoms. The Labute approximate surface area is 173 Å². The van der Waals surface area contributed by atoms with Crippen molar-refractivity contribution in [2.45, 2.75) is 4.90 Å². The summed E-state index contributed by atoms with van der Waals surface area (Å²) in [6, 6.07) is 8.19. The lowest BCUT2D eigenvalue weighted by atomic mass is 10.2. The van der Waals surface area contributed by atoms with Gasteiger partial charge in [0.15, 0.2) is 11.5 Å². The summed E-state index contributed by atoms with van der Waals surface area (Å²) >= 11 is 6.07. The minimum Gasteiger partial charge on any atom is -0.493 e. The van der Waals surface area contributed by atoms with Gasteiger partial charge in [0, 0.05) is 25.2 Å². The number of benzene rings is 2. The maximum absolute atomic E-state index is 12.3. The molecule has 0 radical (unpaired) electrons. The van der Waals surface area contributed by atoms with Crippen molar-refractivity contribution in [3.05, 3.63) is 52.5 Å². The van der Waals surface area contributed by atoms with Gasteiger partial charge in [0.25, 0.3) is 11.8 Å². The Kier molecular flexibility index (Phi) is 7.07. The number of hydrogen-bond donors (Lipinski definition) is 2. The molecule has 0 spiro atoms. The summed E-state index contributed by atoms with van der Waals surface area (Å²) in [6.45, 7) is 0. The number of carbonyl (C=O) groups is 2. The van der Waals surface area contributed by atoms with E-state index < -0.39 is 21.8 Å². The van der Waals surface area contributed by atoms with Crippen molar-refractivity contribution < 1.29 is 27.5 Å². The van der Waals surface area contributed by atoms with E-state index in [4.69, 9.17) is 21.1 Å². The van der Waals surface area contributed by atoms with Crippen molar-refractivity contribution in [1.82, 2.24) is 15.2 Å². The number of rotatable bonds is 6. The number of carbonyl (C=O) groups excluding carboxylic acids is 2. The van der Waals surface area contributed by atoms with Gasteiger partial charge in [-0.1, -0.05) is 17.7 Å². The lowest BCUT2D eigenvalue weighted by Crippen LogP contribution is -2.41. The van der Waals surface area contributed by atoms with Crippen LogP contribution in [0, 0.1) is 0 Å². The molecule has 2 aromatic rings. The van der Waals surface area contributed by atoms with Gasteiger partial charge < -0.3 is 9.47 Å². The summed E-state index contributed by atoms with van der Waals surface area (Å²) in [4.78, 5) is 24.6. The molecule has 0 unspecified atom stereocenters. The van der Waals surface area contributed by atoms with Crippen LogP contribution in [-0.4, -0.2) is 52.9 Å². The van der Waals surface area contributed by atoms with E-state index >= 15 is 0 Å². The summed E-state index contributed by atoms with van der Waals surface area (Å²) in [5.41, 5.74) is 4.65. The average molecular weight is 442 g/mol. The van der Waals surface area contributed by atoms with Gasteiger partial charge in [0.2, 0.25) is 10.0 Å². The summed E-state index contributed by atoms with van der Waals surface area (Å²) < 4.78 is 35.7. The first-order chi connectivity index (χ1) is 13.6. The second-order valence-corrected chi connectivity index (χ2v) is 8.48. The molecule has 0 aliphatic rings. The standard InChI is InChI=1S/C18H20ClN3O6S/c1-22(2)29(25,26)13-7-5-6-11(8-13)17(23)20-21-18(24)12-9-14(19)16(28-4)15(10-12)27-3/h5-10H,1-4H3,(H,20,23)(H,21,24). The molecule has 0 saturated heterocycles. The van der Waals surface area contributed by atoms with Gasteiger partial charge in [-0.15, -0.1) is 0 Å². The molecule has 0 aromatic heterocycles. The summed E-state index contributed by atoms with van der Waals surface area (Å²) in [6.07, 6.45) is 0. The van der Waals surface area contributed by atoms with Crippen LogP contribution in [0.4, 0.5) is 0 Å². The fourth-order valence-electron chi connectivity index (χ4n) is 2.32. The molecule has 9 nitrogen and oxygen atoms in total. The Morgan fingerprint density at radius 2 is 1.59 bits per heavy atom. The van der Waals surface area contributed by atoms with Crippen molar-refractivity contribution in [2.75, 3.05) is 28.3 Å². The molecule has 2 N–H and O–H groups in total. The first kappa shape index (κ1) is 22.5. The molecule has 11 heteroatoms. The SMILES string of the molecule is COc1cc(C(=O)NNC(=O)c2cccc(S(=O)(=O)N(C)C)c2)cc(Cl)c1OC. The minimum absolute atomic E-state index is 0.0480. The van der Waals surface area contributed by atoms with Gasteiger partial charge in [-0.3, -0.25) is 20.4 Å². The maximum Gasteiger partial charge on any atom is 0.269 e. The van der Waals surface area contributed by atoms with Gasteiger partial charge in [-0.2, -0.15) is 0 Å². The Morgan fingerprint density at radius 1 is 0.966 bits per heavy atom. The van der Waals surface area contributed by atoms with Gasteiger partial charge >= 0.3 is 0 Å². The molecule has 2 aromatic carbocycles. The third-order valence-corrected chi connectivity index (χ3v) is 5.95. The zero-order valence-corrected chi connectivity index (χ0v) is 17.7. The van der Waals surface area contributed by atoms with Crippen LogP contribution < -0.4 is 20.3 Å². The quantitative estimate of drug-likeness (QED) is 0.659. The first-order valence-electron chi connectivity index (χ1n) is 8.16. The van der Waals surface area contributed by atoms with Crippen molar-refractivity contribution in [2.24, 2.45) is 0 Å². The molecular weight excluding hydrogens is 422 g/mol. The van der Waals surface area contributed by atoms with E-state index in [9.17, 15) is 18.0 Å². The highest BCUT2D eigenvalue weighted by Crippen LogP contribution is 2.35. The highest BCUT2D eigenvalue weighted by Gasteiger charge is 2.19. The van der Waals surface area contributed by atoms with E-state index in [1.165, 1.54) is 64.7 Å². The van der Waals surface area contributed by atoms with Crippen LogP contribution in [-0.2, 0) is 10.0 Å². The fourth-order valence-corrected chi connectivity index (χ4v) is 3.55. The third kappa shape index (κ3) is 4.97. The Morgan fingerprint density at radius 3 is 2.14 bits per heavy atom. The van der Waals surface area contributed by atoms with Gasteiger partial charge in [-0.25, -0.2) is 12.7 Å². The molecule has 0 aliphatic carbocycles. The lowest BCUT2D eigenvalue weighted by molar-refractivity contribution is 0.0846. The van der Waals surface area contributed by atoms with Crippen LogP contribution in [0.1, 0.15) is 20.7 Å². The topological polar surface area (TPSA) is 114 Å². The van der Waals surface area contributed by atoms with Crippen LogP contribution in [0.25, 0.3) is 0 Å². The van der Waals surface area contributed by atoms with Gasteiger partial charge in [-0.05, 0) is 30.3 Å². The number of hydrazine groups is 1. The molecule has 29 heavy (non-hydrogen) atoms. The monoisotopic (exact) mass is 441 g/mol. The molecule has 0 saturated carbocycles. The molecule has 2 rings (SSSR count). The van der Waals surface area contributed by atoms with Crippen molar-refractivity contribution in [3.63, 3.8) is 0 Å². The maximum atomic E-state index is 12.3. The van der Waals surface area contributed by atoms with Crippen LogP contribution in [0.5, 0.6) is 11.5 Å². The van der Waals surface area contributed by atoms with Crippen LogP contribution in [0.3, 0.4) is 0 Å². The van der Waals surface area contributed by atoms with Crippen LogP contribution in [0.15, 0.2) is 41.3 Å². The predicted octanol–water partition coefficient (Wildman–Crippen LogP) is 1.68. The zero-order chi connectivity index (χ0) is 21.8. The predicted molar refractivity (Wildman–Crippen MR) is 107 cm³/mol. The van der Waals surface area contributed by atoms with E-state index in [-0.39, 0.29) is 32.5 Å². The zero-order valence-electron chi connectivity index (χ0n) is 16.1. The van der Waals surface area contributed by atoms with Crippen LogP contribution in [0.2, 0.25) is 5.02 Å². The van der Waals surface area contributed by atoms with Crippen molar-refractivity contribution in [1.29, 1.82) is 0 Å². The van der Waals surface area contributed by atoms with E-state index in [1.54, 1.807) is 0 Å². The van der Waals surface area contributed by atoms with E-state index in [0.717, 1.165) is 4.31 Å². The number of sulfonamides is 1. The van der Waals surface area contributed by atoms with Gasteiger partial charge in [0.1, 0.15) is 0 Å². The van der Waals surface area contributed by atoms with E-state index in [0.29, 0.717) is 0 Å². The molecule has 0 atom stereocenters. The number of nitrogens with one attached hydrogen (secondary N) is 2. The van der Waals surface area contributed by atoms with E-state index in [1.807, 2.05) is 0 Å². The number of halogens is 1. The first-order valence-corrected chi connectivity index (χ1v) is 9.98. The largest absolute Gasteiger partial charge is 0.493 e. The molecule has 0 fully saturated rings. The Hall–Kier alpha value is -2.82. The van der Waals surface area contributed by atoms with Crippen molar-refractivity contribution >= 4 is 33.4 Å². The van der Waals surface area contributed by atoms with Crippen LogP contribution >= 0.6 is 11.6 Å². The fraction of sp³-hybridized carbons (Fsp3) is 0.222. The Balaban J connectivity index is 2.16. The van der Waals surface area contributed by atoms with E-state index in [2.05, 4.69) is 10.9 Å². The molecule has 2 amide bonds. The second-order valence-electron chi connectivity index (χ2n) is 5.92. The summed E-state index contributed by atoms with van der Waals surface area (Å²) in [5.74, 6) is -0.828. The molecule has 156 valence electrons. The second kappa shape index (κ2) is 9.12. The number of amides is 2. The molecule has 0 heterocycles. The number of hydrogen-bond acceptors (Lipinski definition) is 6. The normalized spacial score (nSPS) is 11.1. The Bertz CT molecular complexity index is 1040. The number of ether oxygens (including phenoxy) is 2. The minimum atomic E-state index is -3.70. The highest BCUT2D eigenvalue weighted by atomic mass is 35.5. The van der Waals surface area contributed by atoms with Crippen molar-refractivity contribution in [3.8, 4) is 11.5 Å². The average Bonchev–Trinajstić information content (AvgIpc) is 2.70. The third-order valence-electron chi connectivity index (χ3n) is 3.86. The molecular formula is C18H20ClN3O6S. The summed E-state index contributed by atoms with van der Waals surface area (Å²) in [7, 11) is 1.88. The summed E-state index contributed by atoms with van der Waals surface area (Å²) in [5, 5.41) is 0.157. The number of methoxy groups -OCH3 is 2. The smallest absolute Gasteiger partial charge is 0.269 e. The van der Waals surface area contributed by atoms with Gasteiger partial charge in [0.05, 0.1) is 24.1 Å². The lowest BCUT2D eigenvalue weighted by Gasteiger charge is -2.13. The molecule has 0 aliphatic heterocycles. The number of nitrogens with zero attached hydrogens (tertiary/aromatic N) is 1.